The molecule has 8 nitrogen and oxygen atoms in total. The van der Waals surface area contributed by atoms with Crippen LogP contribution in [0.1, 0.15) is 41.8 Å². The highest BCUT2D eigenvalue weighted by Crippen LogP contribution is 2.34. The van der Waals surface area contributed by atoms with Crippen LogP contribution in [0.4, 0.5) is 5.82 Å². The van der Waals surface area contributed by atoms with Gasteiger partial charge in [-0.3, -0.25) is 4.79 Å². The van der Waals surface area contributed by atoms with Gasteiger partial charge in [0.2, 0.25) is 0 Å². The van der Waals surface area contributed by atoms with Gasteiger partial charge in [0.05, 0.1) is 10.0 Å². The van der Waals surface area contributed by atoms with Crippen molar-refractivity contribution in [3.05, 3.63) is 82.2 Å². The number of aromatic nitrogens is 2. The number of nitrogen functional groups attached to an aromatic ring is 1. The molecule has 0 spiro atoms. The number of likely N-dealkylation sites (tertiary alicyclic amines) is 2. The largest absolute Gasteiger partial charge is 0.482 e. The van der Waals surface area contributed by atoms with Crippen molar-refractivity contribution < 1.29 is 14.1 Å². The van der Waals surface area contributed by atoms with Crippen LogP contribution in [0.25, 0.3) is 22.4 Å². The molecule has 0 aliphatic carbocycles. The third-order valence-electron chi connectivity index (χ3n) is 7.90. The van der Waals surface area contributed by atoms with Crippen molar-refractivity contribution >= 4 is 34.9 Å². The normalized spacial score (nSPS) is 16.3. The van der Waals surface area contributed by atoms with Crippen LogP contribution < -0.4 is 10.5 Å². The molecule has 0 unspecified atom stereocenters. The van der Waals surface area contributed by atoms with Gasteiger partial charge in [-0.2, -0.15) is 0 Å². The molecule has 212 valence electrons. The monoisotopic (exact) mass is 591 g/mol. The second-order valence-electron chi connectivity index (χ2n) is 10.5. The van der Waals surface area contributed by atoms with E-state index in [4.69, 9.17) is 38.2 Å². The van der Waals surface area contributed by atoms with Gasteiger partial charge in [-0.25, -0.2) is 4.98 Å². The van der Waals surface area contributed by atoms with Crippen molar-refractivity contribution in [3.8, 4) is 28.1 Å². The number of pyridine rings is 1. The second-order valence-corrected chi connectivity index (χ2v) is 11.3. The summed E-state index contributed by atoms with van der Waals surface area (Å²) >= 11 is 12.6. The Morgan fingerprint density at radius 3 is 2.39 bits per heavy atom. The van der Waals surface area contributed by atoms with Crippen LogP contribution in [0.5, 0.6) is 5.75 Å². The second kappa shape index (κ2) is 12.1. The SMILES string of the molecule is Nc1ncc(-c2ccc(C(=O)N3CCC(N4CCCC4)CC3)cc2)cc1OCc1cc(-c2c(Cl)cccc2Cl)no1. The summed E-state index contributed by atoms with van der Waals surface area (Å²) in [6, 6.07) is 17.0. The molecule has 1 amide bonds. The molecule has 2 aliphatic heterocycles. The van der Waals surface area contributed by atoms with Gasteiger partial charge >= 0.3 is 0 Å². The molecular formula is C31H31Cl2N5O3. The highest BCUT2D eigenvalue weighted by atomic mass is 35.5. The number of amides is 1. The van der Waals surface area contributed by atoms with Gasteiger partial charge in [0.15, 0.2) is 17.3 Å². The molecule has 2 N–H and O–H groups in total. The zero-order valence-corrected chi connectivity index (χ0v) is 24.1. The Balaban J connectivity index is 1.09. The maximum absolute atomic E-state index is 13.2. The standard InChI is InChI=1S/C31H31Cl2N5O3/c32-25-4-3-5-26(33)29(25)27-17-24(41-36-27)19-40-28-16-22(18-35-30(28)34)20-6-8-21(9-7-20)31(39)38-14-10-23(11-15-38)37-12-1-2-13-37/h3-9,16-18,23H,1-2,10-15,19H2,(H2,34,35). The number of nitrogens with two attached hydrogens (primary N) is 1. The minimum absolute atomic E-state index is 0.0837. The lowest BCUT2D eigenvalue weighted by atomic mass is 10.0. The third kappa shape index (κ3) is 6.05. The summed E-state index contributed by atoms with van der Waals surface area (Å²) < 4.78 is 11.4. The lowest BCUT2D eigenvalue weighted by Crippen LogP contribution is -2.45. The molecule has 6 rings (SSSR count). The maximum atomic E-state index is 13.2. The number of ether oxygens (including phenoxy) is 1. The summed E-state index contributed by atoms with van der Waals surface area (Å²) in [5, 5.41) is 5.04. The van der Waals surface area contributed by atoms with Crippen molar-refractivity contribution in [1.29, 1.82) is 0 Å². The molecule has 0 saturated carbocycles. The van der Waals surface area contributed by atoms with Crippen LogP contribution in [0.15, 0.2) is 65.3 Å². The van der Waals surface area contributed by atoms with Gasteiger partial charge in [0.1, 0.15) is 12.3 Å². The van der Waals surface area contributed by atoms with E-state index in [1.165, 1.54) is 25.9 Å². The number of carbonyl (C=O) groups is 1. The average Bonchev–Trinajstić information content (AvgIpc) is 3.70. The first-order valence-corrected chi connectivity index (χ1v) is 14.6. The van der Waals surface area contributed by atoms with E-state index in [0.29, 0.717) is 44.4 Å². The Morgan fingerprint density at radius 2 is 1.68 bits per heavy atom. The van der Waals surface area contributed by atoms with Gasteiger partial charge in [-0.1, -0.05) is 46.6 Å². The zero-order chi connectivity index (χ0) is 28.3. The van der Waals surface area contributed by atoms with E-state index < -0.39 is 0 Å². The molecular weight excluding hydrogens is 561 g/mol. The van der Waals surface area contributed by atoms with Crippen molar-refractivity contribution in [3.63, 3.8) is 0 Å². The molecule has 2 saturated heterocycles. The summed E-state index contributed by atoms with van der Waals surface area (Å²) in [5.74, 6) is 1.23. The van der Waals surface area contributed by atoms with E-state index in [9.17, 15) is 4.79 Å². The van der Waals surface area contributed by atoms with Crippen molar-refractivity contribution in [2.45, 2.75) is 38.3 Å². The highest BCUT2D eigenvalue weighted by Gasteiger charge is 2.28. The summed E-state index contributed by atoms with van der Waals surface area (Å²) in [6.07, 6.45) is 6.38. The number of anilines is 1. The van der Waals surface area contributed by atoms with E-state index in [-0.39, 0.29) is 18.3 Å². The average molecular weight is 593 g/mol. The first-order chi connectivity index (χ1) is 20.0. The van der Waals surface area contributed by atoms with E-state index >= 15 is 0 Å². The Kier molecular flexibility index (Phi) is 8.14. The Bertz CT molecular complexity index is 1510. The summed E-state index contributed by atoms with van der Waals surface area (Å²) in [6.45, 7) is 4.11. The molecule has 10 heteroatoms. The Morgan fingerprint density at radius 1 is 0.976 bits per heavy atom. The molecule has 2 fully saturated rings. The fraction of sp³-hybridized carbons (Fsp3) is 0.323. The molecule has 2 aliphatic rings. The minimum atomic E-state index is 0.0837. The zero-order valence-electron chi connectivity index (χ0n) is 22.6. The van der Waals surface area contributed by atoms with Crippen LogP contribution in [0.2, 0.25) is 10.0 Å². The van der Waals surface area contributed by atoms with Gasteiger partial charge in [-0.05, 0) is 74.7 Å². The number of carbonyl (C=O) groups excluding carboxylic acids is 1. The smallest absolute Gasteiger partial charge is 0.253 e. The molecule has 0 bridgehead atoms. The van der Waals surface area contributed by atoms with Crippen LogP contribution in [0, 0.1) is 0 Å². The van der Waals surface area contributed by atoms with Crippen molar-refractivity contribution in [2.75, 3.05) is 31.9 Å². The first kappa shape index (κ1) is 27.6. The van der Waals surface area contributed by atoms with Crippen LogP contribution in [0.3, 0.4) is 0 Å². The predicted octanol–water partition coefficient (Wildman–Crippen LogP) is 6.57. The quantitative estimate of drug-likeness (QED) is 0.259. The van der Waals surface area contributed by atoms with Crippen LogP contribution in [-0.2, 0) is 6.61 Å². The lowest BCUT2D eigenvalue weighted by molar-refractivity contribution is 0.0644. The highest BCUT2D eigenvalue weighted by molar-refractivity contribution is 6.39. The summed E-state index contributed by atoms with van der Waals surface area (Å²) in [4.78, 5) is 22.0. The van der Waals surface area contributed by atoms with Crippen LogP contribution in [-0.4, -0.2) is 58.1 Å². The predicted molar refractivity (Wildman–Crippen MR) is 160 cm³/mol. The third-order valence-corrected chi connectivity index (χ3v) is 8.53. The van der Waals surface area contributed by atoms with Gasteiger partial charge in [0.25, 0.3) is 5.91 Å². The number of benzene rings is 2. The van der Waals surface area contributed by atoms with Crippen LogP contribution >= 0.6 is 23.2 Å². The van der Waals surface area contributed by atoms with E-state index in [2.05, 4.69) is 15.0 Å². The number of hydrogen-bond acceptors (Lipinski definition) is 7. The van der Waals surface area contributed by atoms with Crippen molar-refractivity contribution in [2.24, 2.45) is 0 Å². The topological polar surface area (TPSA) is 97.7 Å². The number of halogens is 2. The lowest BCUT2D eigenvalue weighted by Gasteiger charge is -2.36. The van der Waals surface area contributed by atoms with Gasteiger partial charge in [-0.15, -0.1) is 0 Å². The van der Waals surface area contributed by atoms with Gasteiger partial charge in [0, 0.05) is 48.1 Å². The fourth-order valence-corrected chi connectivity index (χ4v) is 6.24. The molecule has 0 atom stereocenters. The Hall–Kier alpha value is -3.59. The molecule has 41 heavy (non-hydrogen) atoms. The number of piperidine rings is 1. The van der Waals surface area contributed by atoms with E-state index in [0.717, 1.165) is 37.1 Å². The molecule has 0 radical (unpaired) electrons. The first-order valence-electron chi connectivity index (χ1n) is 13.9. The molecule has 4 aromatic rings. The summed E-state index contributed by atoms with van der Waals surface area (Å²) in [5.41, 5.74) is 9.62. The fourth-order valence-electron chi connectivity index (χ4n) is 5.65. The Labute approximate surface area is 249 Å². The number of rotatable bonds is 7. The number of nitrogens with zero attached hydrogens (tertiary/aromatic N) is 4. The number of hydrogen-bond donors (Lipinski definition) is 1. The van der Waals surface area contributed by atoms with E-state index in [1.807, 2.05) is 35.2 Å². The summed E-state index contributed by atoms with van der Waals surface area (Å²) in [7, 11) is 0. The molecule has 2 aromatic heterocycles. The van der Waals surface area contributed by atoms with Crippen molar-refractivity contribution in [1.82, 2.24) is 19.9 Å². The molecule has 4 heterocycles. The minimum Gasteiger partial charge on any atom is -0.482 e. The van der Waals surface area contributed by atoms with E-state index in [1.54, 1.807) is 30.5 Å². The molecule has 2 aromatic carbocycles. The maximum Gasteiger partial charge on any atom is 0.253 e. The van der Waals surface area contributed by atoms with Gasteiger partial charge < -0.3 is 24.8 Å².